The molecule has 1 amide bonds. The summed E-state index contributed by atoms with van der Waals surface area (Å²) in [6.45, 7) is 0. The summed E-state index contributed by atoms with van der Waals surface area (Å²) in [5.74, 6) is -0.700. The molecule has 0 unspecified atom stereocenters. The van der Waals surface area contributed by atoms with Gasteiger partial charge in [-0.1, -0.05) is 23.9 Å². The summed E-state index contributed by atoms with van der Waals surface area (Å²) < 4.78 is 5.45. The summed E-state index contributed by atoms with van der Waals surface area (Å²) >= 11 is 3.28. The third-order valence-corrected chi connectivity index (χ3v) is 4.56. The summed E-state index contributed by atoms with van der Waals surface area (Å²) in [6, 6.07) is 9.11. The molecule has 1 heterocycles. The molecule has 20 heavy (non-hydrogen) atoms. The van der Waals surface area contributed by atoms with Gasteiger partial charge in [0.05, 0.1) is 18.6 Å². The summed E-state index contributed by atoms with van der Waals surface area (Å²) in [6.07, 6.45) is 0. The fourth-order valence-electron chi connectivity index (χ4n) is 1.72. The number of ether oxygens (including phenoxy) is 1. The highest BCUT2D eigenvalue weighted by Gasteiger charge is 2.34. The van der Waals surface area contributed by atoms with Crippen molar-refractivity contribution in [3.8, 4) is 6.07 Å². The van der Waals surface area contributed by atoms with Gasteiger partial charge in [0, 0.05) is 3.57 Å². The minimum Gasteiger partial charge on any atom is -0.465 e. The van der Waals surface area contributed by atoms with E-state index in [9.17, 15) is 9.59 Å². The Balaban J connectivity index is 2.58. The van der Waals surface area contributed by atoms with Crippen LogP contribution in [0.25, 0.3) is 0 Å². The van der Waals surface area contributed by atoms with Crippen LogP contribution in [-0.4, -0.2) is 24.7 Å². The molecular weight excluding hydrogens is 391 g/mol. The van der Waals surface area contributed by atoms with Gasteiger partial charge in [0.1, 0.15) is 11.1 Å². The minimum absolute atomic E-state index is 0.150. The van der Waals surface area contributed by atoms with Crippen LogP contribution in [0.15, 0.2) is 34.9 Å². The average molecular weight is 400 g/mol. The van der Waals surface area contributed by atoms with Crippen LogP contribution in [0.5, 0.6) is 0 Å². The number of carbonyl (C=O) groups excluding carboxylic acids is 2. The smallest absolute Gasteiger partial charge is 0.351 e. The third kappa shape index (κ3) is 2.66. The van der Waals surface area contributed by atoms with Crippen LogP contribution in [0, 0.1) is 14.9 Å². The first-order valence-electron chi connectivity index (χ1n) is 5.53. The van der Waals surface area contributed by atoms with Crippen LogP contribution in [-0.2, 0) is 14.3 Å². The van der Waals surface area contributed by atoms with Crippen molar-refractivity contribution in [1.82, 2.24) is 0 Å². The van der Waals surface area contributed by atoms with E-state index in [4.69, 9.17) is 5.26 Å². The van der Waals surface area contributed by atoms with Gasteiger partial charge in [0.2, 0.25) is 5.91 Å². The molecule has 7 heteroatoms. The van der Waals surface area contributed by atoms with Gasteiger partial charge in [0.25, 0.3) is 0 Å². The summed E-state index contributed by atoms with van der Waals surface area (Å²) in [7, 11) is 1.21. The van der Waals surface area contributed by atoms with E-state index in [1.807, 2.05) is 18.2 Å². The van der Waals surface area contributed by atoms with Gasteiger partial charge in [-0.05, 0) is 34.7 Å². The van der Waals surface area contributed by atoms with Crippen LogP contribution in [0.1, 0.15) is 0 Å². The van der Waals surface area contributed by atoms with Crippen molar-refractivity contribution in [3.05, 3.63) is 38.4 Å². The molecule has 1 aliphatic heterocycles. The number of benzene rings is 1. The molecule has 5 nitrogen and oxygen atoms in total. The van der Waals surface area contributed by atoms with E-state index in [1.54, 1.807) is 12.1 Å². The number of nitrogens with zero attached hydrogens (tertiary/aromatic N) is 2. The number of halogens is 1. The molecule has 1 fully saturated rings. The highest BCUT2D eigenvalue weighted by molar-refractivity contribution is 14.1. The Labute approximate surface area is 133 Å². The van der Waals surface area contributed by atoms with Gasteiger partial charge < -0.3 is 4.74 Å². The number of anilines is 1. The second kappa shape index (κ2) is 6.28. The van der Waals surface area contributed by atoms with Crippen molar-refractivity contribution < 1.29 is 14.3 Å². The molecule has 0 atom stereocenters. The third-order valence-electron chi connectivity index (χ3n) is 2.59. The first-order chi connectivity index (χ1) is 9.60. The van der Waals surface area contributed by atoms with Crippen molar-refractivity contribution >= 4 is 51.9 Å². The molecule has 0 spiro atoms. The zero-order valence-electron chi connectivity index (χ0n) is 10.4. The maximum atomic E-state index is 12.1. The lowest BCUT2D eigenvalue weighted by Gasteiger charge is -2.19. The van der Waals surface area contributed by atoms with Gasteiger partial charge in [-0.25, -0.2) is 4.79 Å². The standard InChI is InChI=1S/C13H9IN2O3S/c1-19-13(18)8(6-15)12-16(11(17)7-20-12)10-5-3-2-4-9(10)14/h2-5H,7H2,1H3/b12-8-. The summed E-state index contributed by atoms with van der Waals surface area (Å²) in [4.78, 5) is 25.1. The minimum atomic E-state index is -0.736. The molecule has 0 radical (unpaired) electrons. The SMILES string of the molecule is COC(=O)/C(C#N)=C1\SCC(=O)N1c1ccccc1I. The molecule has 0 saturated carbocycles. The first-order valence-corrected chi connectivity index (χ1v) is 7.59. The van der Waals surface area contributed by atoms with Crippen LogP contribution >= 0.6 is 34.4 Å². The van der Waals surface area contributed by atoms with Crippen molar-refractivity contribution in [2.45, 2.75) is 0 Å². The van der Waals surface area contributed by atoms with Crippen LogP contribution < -0.4 is 4.90 Å². The Bertz CT molecular complexity index is 651. The molecule has 0 aliphatic carbocycles. The van der Waals surface area contributed by atoms with Crippen molar-refractivity contribution in [2.75, 3.05) is 17.8 Å². The fraction of sp³-hybridized carbons (Fsp3) is 0.154. The lowest BCUT2D eigenvalue weighted by molar-refractivity contribution is -0.135. The molecule has 102 valence electrons. The monoisotopic (exact) mass is 400 g/mol. The van der Waals surface area contributed by atoms with Crippen molar-refractivity contribution in [3.63, 3.8) is 0 Å². The van der Waals surface area contributed by atoms with Crippen molar-refractivity contribution in [2.24, 2.45) is 0 Å². The van der Waals surface area contributed by atoms with E-state index in [1.165, 1.54) is 23.8 Å². The molecule has 2 rings (SSSR count). The Morgan fingerprint density at radius 1 is 1.50 bits per heavy atom. The molecule has 1 aromatic carbocycles. The number of hydrogen-bond donors (Lipinski definition) is 0. The topological polar surface area (TPSA) is 70.4 Å². The van der Waals surface area contributed by atoms with Crippen molar-refractivity contribution in [1.29, 1.82) is 5.26 Å². The maximum absolute atomic E-state index is 12.1. The van der Waals surface area contributed by atoms with Gasteiger partial charge in [-0.15, -0.1) is 0 Å². The van der Waals surface area contributed by atoms with Gasteiger partial charge in [-0.3, -0.25) is 9.69 Å². The van der Waals surface area contributed by atoms with Gasteiger partial charge >= 0.3 is 5.97 Å². The van der Waals surface area contributed by atoms with E-state index < -0.39 is 5.97 Å². The average Bonchev–Trinajstić information content (AvgIpc) is 2.82. The second-order valence-electron chi connectivity index (χ2n) is 3.75. The van der Waals surface area contributed by atoms with Crippen LogP contribution in [0.4, 0.5) is 5.69 Å². The molecule has 0 aromatic heterocycles. The fourth-order valence-corrected chi connectivity index (χ4v) is 3.34. The van der Waals surface area contributed by atoms with E-state index in [0.717, 1.165) is 3.57 Å². The van der Waals surface area contributed by atoms with Gasteiger partial charge in [-0.2, -0.15) is 5.26 Å². The van der Waals surface area contributed by atoms with E-state index in [-0.39, 0.29) is 17.2 Å². The number of para-hydroxylation sites is 1. The second-order valence-corrected chi connectivity index (χ2v) is 5.88. The molecule has 1 aromatic rings. The predicted molar refractivity (Wildman–Crippen MR) is 83.8 cm³/mol. The highest BCUT2D eigenvalue weighted by atomic mass is 127. The normalized spacial score (nSPS) is 16.9. The number of rotatable bonds is 2. The van der Waals surface area contributed by atoms with Gasteiger partial charge in [0.15, 0.2) is 5.57 Å². The number of hydrogen-bond acceptors (Lipinski definition) is 5. The maximum Gasteiger partial charge on any atom is 0.351 e. The number of nitriles is 1. The molecule has 0 bridgehead atoms. The largest absolute Gasteiger partial charge is 0.465 e. The van der Waals surface area contributed by atoms with Crippen LogP contribution in [0.2, 0.25) is 0 Å². The number of carbonyl (C=O) groups is 2. The Morgan fingerprint density at radius 2 is 2.20 bits per heavy atom. The number of methoxy groups -OCH3 is 1. The predicted octanol–water partition coefficient (Wildman–Crippen LogP) is 2.28. The molecule has 1 aliphatic rings. The Hall–Kier alpha value is -1.53. The first kappa shape index (κ1) is 14.9. The zero-order valence-corrected chi connectivity index (χ0v) is 13.4. The highest BCUT2D eigenvalue weighted by Crippen LogP contribution is 2.38. The molecule has 1 saturated heterocycles. The lowest BCUT2D eigenvalue weighted by atomic mass is 10.2. The number of thioether (sulfide) groups is 1. The zero-order chi connectivity index (χ0) is 14.7. The van der Waals surface area contributed by atoms with E-state index in [0.29, 0.717) is 10.7 Å². The van der Waals surface area contributed by atoms with E-state index >= 15 is 0 Å². The van der Waals surface area contributed by atoms with E-state index in [2.05, 4.69) is 27.3 Å². The lowest BCUT2D eigenvalue weighted by Crippen LogP contribution is -2.26. The summed E-state index contributed by atoms with van der Waals surface area (Å²) in [5.41, 5.74) is 0.512. The van der Waals surface area contributed by atoms with Crippen LogP contribution in [0.3, 0.4) is 0 Å². The Morgan fingerprint density at radius 3 is 2.80 bits per heavy atom. The molecule has 0 N–H and O–H groups in total. The Kier molecular flexibility index (Phi) is 4.67. The summed E-state index contributed by atoms with van der Waals surface area (Å²) in [5, 5.41) is 9.47. The number of amides is 1. The number of esters is 1. The quantitative estimate of drug-likeness (QED) is 0.330. The molecular formula is C13H9IN2O3S.